The van der Waals surface area contributed by atoms with Crippen molar-refractivity contribution in [3.05, 3.63) is 91.8 Å². The molecule has 0 bridgehead atoms. The van der Waals surface area contributed by atoms with Crippen LogP contribution in [0.3, 0.4) is 0 Å². The maximum atomic E-state index is 13.2. The molecule has 1 amide bonds. The average Bonchev–Trinajstić information content (AvgIpc) is 2.87. The Hall–Kier alpha value is -2.38. The topological polar surface area (TPSA) is 55.2 Å². The molecule has 7 heteroatoms. The van der Waals surface area contributed by atoms with Crippen LogP contribution in [0.1, 0.15) is 42.1 Å². The third-order valence-electron chi connectivity index (χ3n) is 6.77. The maximum Gasteiger partial charge on any atom is 0.257 e. The molecule has 2 heterocycles. The molecule has 35 heavy (non-hydrogen) atoms. The van der Waals surface area contributed by atoms with E-state index >= 15 is 0 Å². The number of carbonyl (C=O) groups is 1. The molecule has 0 spiro atoms. The number of amides is 1. The number of likely N-dealkylation sites (tertiary alicyclic amines) is 1. The predicted octanol–water partition coefficient (Wildman–Crippen LogP) is 5.40. The van der Waals surface area contributed by atoms with Crippen LogP contribution >= 0.6 is 27.7 Å². The molecule has 1 saturated heterocycles. The average molecular weight is 555 g/mol. The van der Waals surface area contributed by atoms with Crippen molar-refractivity contribution in [2.24, 2.45) is 13.0 Å². The fraction of sp³-hybridized carbons (Fsp3) is 0.393. The molecule has 4 rings (SSSR count). The van der Waals surface area contributed by atoms with Gasteiger partial charge in [-0.25, -0.2) is 4.98 Å². The van der Waals surface area contributed by atoms with E-state index in [0.717, 1.165) is 48.1 Å². The monoisotopic (exact) mass is 553 g/mol. The van der Waals surface area contributed by atoms with Crippen molar-refractivity contribution in [1.29, 1.82) is 0 Å². The van der Waals surface area contributed by atoms with E-state index in [1.807, 2.05) is 49.1 Å². The summed E-state index contributed by atoms with van der Waals surface area (Å²) >= 11 is 4.82. The van der Waals surface area contributed by atoms with Crippen LogP contribution in [0, 0.1) is 12.8 Å². The first kappa shape index (κ1) is 25.7. The van der Waals surface area contributed by atoms with Crippen molar-refractivity contribution in [1.82, 2.24) is 14.5 Å². The van der Waals surface area contributed by atoms with Gasteiger partial charge in [0.1, 0.15) is 0 Å². The quantitative estimate of drug-likeness (QED) is 0.290. The van der Waals surface area contributed by atoms with Gasteiger partial charge >= 0.3 is 0 Å². The van der Waals surface area contributed by atoms with E-state index in [-0.39, 0.29) is 16.7 Å². The highest BCUT2D eigenvalue weighted by Gasteiger charge is 2.28. The largest absolute Gasteiger partial charge is 0.342 e. The molecule has 1 atom stereocenters. The number of piperidine rings is 1. The molecule has 0 aliphatic carbocycles. The van der Waals surface area contributed by atoms with Gasteiger partial charge in [0, 0.05) is 42.3 Å². The van der Waals surface area contributed by atoms with Crippen molar-refractivity contribution in [3.8, 4) is 0 Å². The summed E-state index contributed by atoms with van der Waals surface area (Å²) in [4.78, 5) is 33.0. The SMILES string of the molecule is Cc1nc(SC(C)C(=O)N2CCC(Cc3ccccc3)CC2)n(C)c(=O)c1Cc1ccc(Br)cc1. The number of thioether (sulfide) groups is 1. The summed E-state index contributed by atoms with van der Waals surface area (Å²) in [5.74, 6) is 0.742. The molecule has 0 radical (unpaired) electrons. The smallest absolute Gasteiger partial charge is 0.257 e. The van der Waals surface area contributed by atoms with E-state index in [4.69, 9.17) is 4.98 Å². The second-order valence-corrected chi connectivity index (χ2v) is 11.6. The first-order valence-corrected chi connectivity index (χ1v) is 13.8. The van der Waals surface area contributed by atoms with Crippen LogP contribution in [0.2, 0.25) is 0 Å². The molecule has 3 aromatic rings. The lowest BCUT2D eigenvalue weighted by atomic mass is 9.90. The zero-order chi connectivity index (χ0) is 24.9. The highest BCUT2D eigenvalue weighted by atomic mass is 79.9. The Balaban J connectivity index is 1.37. The van der Waals surface area contributed by atoms with E-state index in [1.165, 1.54) is 17.3 Å². The second-order valence-electron chi connectivity index (χ2n) is 9.34. The fourth-order valence-corrected chi connectivity index (χ4v) is 5.88. The van der Waals surface area contributed by atoms with Gasteiger partial charge in [-0.2, -0.15) is 0 Å². The van der Waals surface area contributed by atoms with Gasteiger partial charge in [-0.3, -0.25) is 14.2 Å². The van der Waals surface area contributed by atoms with Crippen molar-refractivity contribution in [3.63, 3.8) is 0 Å². The Morgan fingerprint density at radius 3 is 2.40 bits per heavy atom. The van der Waals surface area contributed by atoms with E-state index in [0.29, 0.717) is 23.1 Å². The highest BCUT2D eigenvalue weighted by Crippen LogP contribution is 2.27. The zero-order valence-corrected chi connectivity index (χ0v) is 22.9. The molecule has 2 aromatic carbocycles. The van der Waals surface area contributed by atoms with Gasteiger partial charge in [0.15, 0.2) is 5.16 Å². The van der Waals surface area contributed by atoms with Crippen LogP contribution in [-0.2, 0) is 24.7 Å². The van der Waals surface area contributed by atoms with E-state index in [2.05, 4.69) is 40.2 Å². The summed E-state index contributed by atoms with van der Waals surface area (Å²) in [5, 5.41) is 0.294. The minimum atomic E-state index is -0.296. The van der Waals surface area contributed by atoms with Crippen LogP contribution in [0.4, 0.5) is 0 Å². The number of rotatable bonds is 7. The standard InChI is InChI=1S/C28H32BrN3O2S/c1-19-25(18-22-9-11-24(29)12-10-22)27(34)31(3)28(30-19)35-20(2)26(33)32-15-13-23(14-16-32)17-21-7-5-4-6-8-21/h4-12,20,23H,13-18H2,1-3H3. The molecule has 1 aliphatic rings. The molecular formula is C28H32BrN3O2S. The van der Waals surface area contributed by atoms with Crippen LogP contribution in [-0.4, -0.2) is 38.7 Å². The van der Waals surface area contributed by atoms with Gasteiger partial charge in [-0.15, -0.1) is 0 Å². The summed E-state index contributed by atoms with van der Waals surface area (Å²) in [6.45, 7) is 5.38. The summed E-state index contributed by atoms with van der Waals surface area (Å²) < 4.78 is 2.59. The number of aryl methyl sites for hydroxylation is 1. The van der Waals surface area contributed by atoms with Gasteiger partial charge < -0.3 is 4.90 Å². The minimum absolute atomic E-state index is 0.0516. The number of halogens is 1. The lowest BCUT2D eigenvalue weighted by Gasteiger charge is -2.33. The number of hydrogen-bond donors (Lipinski definition) is 0. The predicted molar refractivity (Wildman–Crippen MR) is 146 cm³/mol. The summed E-state index contributed by atoms with van der Waals surface area (Å²) in [6, 6.07) is 18.6. The van der Waals surface area contributed by atoms with E-state index in [1.54, 1.807) is 11.6 Å². The highest BCUT2D eigenvalue weighted by molar-refractivity contribution is 9.10. The number of benzene rings is 2. The molecule has 184 valence electrons. The number of nitrogens with zero attached hydrogens (tertiary/aromatic N) is 3. The molecule has 1 unspecified atom stereocenters. The Labute approximate surface area is 220 Å². The van der Waals surface area contributed by atoms with Crippen molar-refractivity contribution in [2.75, 3.05) is 13.1 Å². The van der Waals surface area contributed by atoms with Crippen molar-refractivity contribution >= 4 is 33.6 Å². The Morgan fingerprint density at radius 2 is 1.74 bits per heavy atom. The minimum Gasteiger partial charge on any atom is -0.342 e. The Morgan fingerprint density at radius 1 is 1.09 bits per heavy atom. The number of aromatic nitrogens is 2. The maximum absolute atomic E-state index is 13.2. The molecule has 1 fully saturated rings. The first-order valence-electron chi connectivity index (χ1n) is 12.1. The molecule has 0 saturated carbocycles. The summed E-state index contributed by atoms with van der Waals surface area (Å²) in [6.07, 6.45) is 3.67. The first-order chi connectivity index (χ1) is 16.8. The number of hydrogen-bond acceptors (Lipinski definition) is 4. The van der Waals surface area contributed by atoms with Gasteiger partial charge in [0.05, 0.1) is 5.25 Å². The summed E-state index contributed by atoms with van der Waals surface area (Å²) in [7, 11) is 1.74. The molecule has 5 nitrogen and oxygen atoms in total. The molecule has 1 aliphatic heterocycles. The van der Waals surface area contributed by atoms with Crippen LogP contribution in [0.25, 0.3) is 0 Å². The lowest BCUT2D eigenvalue weighted by molar-refractivity contribution is -0.131. The number of carbonyl (C=O) groups excluding carboxylic acids is 1. The normalized spacial score (nSPS) is 15.3. The Bertz CT molecular complexity index is 1220. The van der Waals surface area contributed by atoms with Crippen molar-refractivity contribution in [2.45, 2.75) is 49.9 Å². The molecule has 0 N–H and O–H groups in total. The van der Waals surface area contributed by atoms with Crippen molar-refractivity contribution < 1.29 is 4.79 Å². The van der Waals surface area contributed by atoms with Gasteiger partial charge in [-0.1, -0.05) is 70.2 Å². The third-order valence-corrected chi connectivity index (χ3v) is 8.43. The van der Waals surface area contributed by atoms with Gasteiger partial charge in [-0.05, 0) is 62.3 Å². The third kappa shape index (κ3) is 6.44. The van der Waals surface area contributed by atoms with E-state index < -0.39 is 0 Å². The van der Waals surface area contributed by atoms with E-state index in [9.17, 15) is 9.59 Å². The van der Waals surface area contributed by atoms with Crippen LogP contribution < -0.4 is 5.56 Å². The molecule has 1 aromatic heterocycles. The molecular weight excluding hydrogens is 522 g/mol. The fourth-order valence-electron chi connectivity index (χ4n) is 4.62. The van der Waals surface area contributed by atoms with Gasteiger partial charge in [0.25, 0.3) is 5.56 Å². The van der Waals surface area contributed by atoms with Gasteiger partial charge in [0.2, 0.25) is 5.91 Å². The second kappa shape index (κ2) is 11.6. The van der Waals surface area contributed by atoms with Crippen LogP contribution in [0.15, 0.2) is 69.0 Å². The lowest BCUT2D eigenvalue weighted by Crippen LogP contribution is -2.42. The Kier molecular flexibility index (Phi) is 8.50. The zero-order valence-electron chi connectivity index (χ0n) is 20.5. The van der Waals surface area contributed by atoms with Crippen LogP contribution in [0.5, 0.6) is 0 Å². The summed E-state index contributed by atoms with van der Waals surface area (Å²) in [5.41, 5.74) is 3.80.